The van der Waals surface area contributed by atoms with Crippen LogP contribution in [-0.2, 0) is 0 Å². The van der Waals surface area contributed by atoms with Crippen LogP contribution in [0.4, 0.5) is 0 Å². The molecule has 1 aliphatic rings. The average Bonchev–Trinajstić information content (AvgIpc) is 1.83. The number of aliphatic hydroxyl groups is 1. The maximum absolute atomic E-state index is 9.74. The lowest BCUT2D eigenvalue weighted by molar-refractivity contribution is 0.0928. The molecule has 1 heterocycles. The van der Waals surface area contributed by atoms with Gasteiger partial charge >= 0.3 is 0 Å². The van der Waals surface area contributed by atoms with E-state index in [0.717, 1.165) is 38.8 Å². The Balaban J connectivity index is 2.35. The zero-order valence-corrected chi connectivity index (χ0v) is 8.37. The van der Waals surface area contributed by atoms with Gasteiger partial charge in [-0.25, -0.2) is 0 Å². The smallest absolute Gasteiger partial charge is 0.142 e. The Morgan fingerprint density at radius 1 is 1.27 bits per heavy atom. The topological polar surface area (TPSA) is 23.5 Å². The van der Waals surface area contributed by atoms with Gasteiger partial charge in [-0.1, -0.05) is 9.39 Å². The van der Waals surface area contributed by atoms with Gasteiger partial charge in [0.05, 0.1) is 0 Å². The van der Waals surface area contributed by atoms with Crippen LogP contribution in [0.1, 0.15) is 25.7 Å². The SMILES string of the molecule is BC1(O)CCCN(P)CCC1. The third-order valence-corrected chi connectivity index (χ3v) is 2.84. The summed E-state index contributed by atoms with van der Waals surface area (Å²) < 4.78 is 2.26. The molecule has 0 bridgehead atoms. The Hall–Kier alpha value is 0.415. The molecule has 0 aromatic rings. The zero-order valence-electron chi connectivity index (χ0n) is 7.21. The van der Waals surface area contributed by atoms with Crippen molar-refractivity contribution < 1.29 is 5.11 Å². The Labute approximate surface area is 72.0 Å². The minimum atomic E-state index is -0.397. The fourth-order valence-corrected chi connectivity index (χ4v) is 1.93. The van der Waals surface area contributed by atoms with E-state index in [4.69, 9.17) is 0 Å². The van der Waals surface area contributed by atoms with Crippen molar-refractivity contribution in [2.75, 3.05) is 13.1 Å². The molecule has 1 rings (SSSR count). The number of hydrogen-bond donors (Lipinski definition) is 1. The lowest BCUT2D eigenvalue weighted by Gasteiger charge is -2.29. The van der Waals surface area contributed by atoms with E-state index in [1.807, 2.05) is 7.85 Å². The number of hydrogen-bond acceptors (Lipinski definition) is 2. The lowest BCUT2D eigenvalue weighted by Crippen LogP contribution is -2.33. The van der Waals surface area contributed by atoms with Gasteiger partial charge < -0.3 is 5.11 Å². The van der Waals surface area contributed by atoms with Crippen molar-refractivity contribution in [3.05, 3.63) is 0 Å². The van der Waals surface area contributed by atoms with Crippen LogP contribution in [-0.4, -0.2) is 36.2 Å². The van der Waals surface area contributed by atoms with Gasteiger partial charge in [-0.15, -0.1) is 0 Å². The van der Waals surface area contributed by atoms with Crippen LogP contribution in [0.5, 0.6) is 0 Å². The highest BCUT2D eigenvalue weighted by atomic mass is 31.0. The first-order chi connectivity index (χ1) is 5.10. The van der Waals surface area contributed by atoms with Crippen molar-refractivity contribution in [1.29, 1.82) is 0 Å². The molecule has 0 saturated carbocycles. The van der Waals surface area contributed by atoms with Gasteiger partial charge in [0.15, 0.2) is 0 Å². The normalized spacial score (nSPS) is 27.5. The molecule has 1 unspecified atom stereocenters. The van der Waals surface area contributed by atoms with Gasteiger partial charge in [-0.3, -0.25) is 4.67 Å². The van der Waals surface area contributed by atoms with Gasteiger partial charge in [-0.2, -0.15) is 0 Å². The first-order valence-electron chi connectivity index (χ1n) is 4.32. The molecule has 2 nitrogen and oxygen atoms in total. The molecule has 0 aromatic carbocycles. The van der Waals surface area contributed by atoms with E-state index in [-0.39, 0.29) is 0 Å². The summed E-state index contributed by atoms with van der Waals surface area (Å²) in [5.41, 5.74) is -0.397. The molecule has 0 radical (unpaired) electrons. The van der Waals surface area contributed by atoms with Gasteiger partial charge in [0, 0.05) is 18.6 Å². The van der Waals surface area contributed by atoms with Crippen LogP contribution in [0.25, 0.3) is 0 Å². The maximum Gasteiger partial charge on any atom is 0.142 e. The van der Waals surface area contributed by atoms with E-state index in [2.05, 4.69) is 14.1 Å². The van der Waals surface area contributed by atoms with Gasteiger partial charge in [0.2, 0.25) is 0 Å². The first-order valence-corrected chi connectivity index (χ1v) is 4.84. The van der Waals surface area contributed by atoms with E-state index >= 15 is 0 Å². The third kappa shape index (κ3) is 3.55. The quantitative estimate of drug-likeness (QED) is 0.410. The Bertz CT molecular complexity index is 120. The molecule has 11 heavy (non-hydrogen) atoms. The van der Waals surface area contributed by atoms with E-state index < -0.39 is 5.50 Å². The minimum absolute atomic E-state index is 0.397. The van der Waals surface area contributed by atoms with E-state index in [1.54, 1.807) is 0 Å². The molecule has 0 aromatic heterocycles. The number of rotatable bonds is 0. The second-order valence-corrected chi connectivity index (χ2v) is 4.47. The second kappa shape index (κ2) is 3.89. The summed E-state index contributed by atoms with van der Waals surface area (Å²) in [6.07, 6.45) is 4.10. The molecule has 0 amide bonds. The van der Waals surface area contributed by atoms with Crippen LogP contribution in [0, 0.1) is 0 Å². The fraction of sp³-hybridized carbons (Fsp3) is 1.00. The summed E-state index contributed by atoms with van der Waals surface area (Å²) in [4.78, 5) is 0. The van der Waals surface area contributed by atoms with Crippen LogP contribution < -0.4 is 0 Å². The highest BCUT2D eigenvalue weighted by Crippen LogP contribution is 2.20. The highest BCUT2D eigenvalue weighted by molar-refractivity contribution is 7.13. The summed E-state index contributed by atoms with van der Waals surface area (Å²) >= 11 is 0. The molecule has 0 spiro atoms. The van der Waals surface area contributed by atoms with Crippen LogP contribution in [0.2, 0.25) is 0 Å². The van der Waals surface area contributed by atoms with Crippen molar-refractivity contribution >= 4 is 17.2 Å². The molecule has 1 atom stereocenters. The standard InChI is InChI=1S/C7H17BNOP/c8-7(10)3-1-5-9(11)6-2-4-7/h10H,1-6,8,11H2. The first kappa shape index (κ1) is 9.50. The largest absolute Gasteiger partial charge is 0.399 e. The Morgan fingerprint density at radius 3 is 2.18 bits per heavy atom. The molecule has 1 N–H and O–H groups in total. The van der Waals surface area contributed by atoms with Crippen molar-refractivity contribution in [2.45, 2.75) is 31.2 Å². The second-order valence-electron chi connectivity index (χ2n) is 3.74. The van der Waals surface area contributed by atoms with Crippen LogP contribution in [0.3, 0.4) is 0 Å². The maximum atomic E-state index is 9.74. The zero-order chi connectivity index (χ0) is 8.32. The van der Waals surface area contributed by atoms with E-state index in [1.165, 1.54) is 0 Å². The number of nitrogens with zero attached hydrogens (tertiary/aromatic N) is 1. The van der Waals surface area contributed by atoms with Crippen molar-refractivity contribution in [1.82, 2.24) is 4.67 Å². The highest BCUT2D eigenvalue weighted by Gasteiger charge is 2.21. The summed E-state index contributed by atoms with van der Waals surface area (Å²) in [5.74, 6) is 0. The third-order valence-electron chi connectivity index (χ3n) is 2.32. The van der Waals surface area contributed by atoms with Crippen molar-refractivity contribution in [3.8, 4) is 0 Å². The molecule has 4 heteroatoms. The lowest BCUT2D eigenvalue weighted by atomic mass is 9.74. The molecule has 64 valence electrons. The molecule has 1 aliphatic heterocycles. The van der Waals surface area contributed by atoms with Gasteiger partial charge in [0.25, 0.3) is 0 Å². The fourth-order valence-electron chi connectivity index (χ4n) is 1.56. The summed E-state index contributed by atoms with van der Waals surface area (Å²) in [5, 5.41) is 9.74. The predicted molar refractivity (Wildman–Crippen MR) is 53.2 cm³/mol. The van der Waals surface area contributed by atoms with Crippen molar-refractivity contribution in [2.24, 2.45) is 0 Å². The minimum Gasteiger partial charge on any atom is -0.399 e. The average molecular weight is 173 g/mol. The summed E-state index contributed by atoms with van der Waals surface area (Å²) in [7, 11) is 4.68. The van der Waals surface area contributed by atoms with E-state index in [9.17, 15) is 5.11 Å². The van der Waals surface area contributed by atoms with Crippen molar-refractivity contribution in [3.63, 3.8) is 0 Å². The molecule has 0 aliphatic carbocycles. The molecular weight excluding hydrogens is 156 g/mol. The van der Waals surface area contributed by atoms with Gasteiger partial charge in [0.1, 0.15) is 7.85 Å². The van der Waals surface area contributed by atoms with Gasteiger partial charge in [-0.05, 0) is 25.7 Å². The van der Waals surface area contributed by atoms with E-state index in [0.29, 0.717) is 0 Å². The van der Waals surface area contributed by atoms with Crippen LogP contribution in [0.15, 0.2) is 0 Å². The molecule has 1 fully saturated rings. The summed E-state index contributed by atoms with van der Waals surface area (Å²) in [6, 6.07) is 0. The van der Waals surface area contributed by atoms with Crippen LogP contribution >= 0.6 is 9.39 Å². The molecular formula is C7H17BNOP. The predicted octanol–water partition coefficient (Wildman–Crippen LogP) is -0.0258. The summed E-state index contributed by atoms with van der Waals surface area (Å²) in [6.45, 7) is 2.20. The monoisotopic (exact) mass is 173 g/mol. The molecule has 1 saturated heterocycles. The Morgan fingerprint density at radius 2 is 1.73 bits per heavy atom. The Kier molecular flexibility index (Phi) is 3.36.